The fourth-order valence-corrected chi connectivity index (χ4v) is 2.06. The van der Waals surface area contributed by atoms with E-state index in [0.717, 1.165) is 29.0 Å². The summed E-state index contributed by atoms with van der Waals surface area (Å²) < 4.78 is 1.06. The Morgan fingerprint density at radius 2 is 2.27 bits per heavy atom. The lowest BCUT2D eigenvalue weighted by Crippen LogP contribution is -2.14. The first-order chi connectivity index (χ1) is 7.24. The SMILES string of the molecule is C/C=C/CCNCc1ccc(Cl)cc1Br. The minimum absolute atomic E-state index is 0.763. The zero-order valence-corrected chi connectivity index (χ0v) is 11.1. The highest BCUT2D eigenvalue weighted by molar-refractivity contribution is 9.10. The maximum Gasteiger partial charge on any atom is 0.0417 e. The second-order valence-corrected chi connectivity index (χ2v) is 4.56. The molecule has 0 heterocycles. The van der Waals surface area contributed by atoms with Crippen LogP contribution in [0.2, 0.25) is 5.02 Å². The second-order valence-electron chi connectivity index (χ2n) is 3.27. The molecule has 0 aliphatic rings. The fourth-order valence-electron chi connectivity index (χ4n) is 1.24. The lowest BCUT2D eigenvalue weighted by atomic mass is 10.2. The molecule has 0 fully saturated rings. The average Bonchev–Trinajstić information content (AvgIpc) is 2.20. The largest absolute Gasteiger partial charge is 0.312 e. The Kier molecular flexibility index (Phi) is 5.99. The number of halogens is 2. The first-order valence-corrected chi connectivity index (χ1v) is 6.17. The van der Waals surface area contributed by atoms with Crippen molar-refractivity contribution in [1.82, 2.24) is 5.32 Å². The number of nitrogens with one attached hydrogen (secondary N) is 1. The third kappa shape index (κ3) is 4.83. The van der Waals surface area contributed by atoms with Crippen LogP contribution in [0.5, 0.6) is 0 Å². The van der Waals surface area contributed by atoms with Gasteiger partial charge in [0.25, 0.3) is 0 Å². The molecule has 0 saturated carbocycles. The van der Waals surface area contributed by atoms with Crippen molar-refractivity contribution in [1.29, 1.82) is 0 Å². The van der Waals surface area contributed by atoms with Gasteiger partial charge in [-0.15, -0.1) is 0 Å². The highest BCUT2D eigenvalue weighted by Gasteiger charge is 1.99. The number of rotatable bonds is 5. The van der Waals surface area contributed by atoms with Crippen LogP contribution in [0.1, 0.15) is 18.9 Å². The normalized spacial score (nSPS) is 11.1. The summed E-state index contributed by atoms with van der Waals surface area (Å²) in [6.07, 6.45) is 5.30. The summed E-state index contributed by atoms with van der Waals surface area (Å²) in [7, 11) is 0. The molecule has 0 amide bonds. The Morgan fingerprint density at radius 1 is 1.47 bits per heavy atom. The molecule has 1 N–H and O–H groups in total. The van der Waals surface area contributed by atoms with Crippen molar-refractivity contribution in [2.45, 2.75) is 19.9 Å². The standard InChI is InChI=1S/C12H15BrClN/c1-2-3-4-7-15-9-10-5-6-11(14)8-12(10)13/h2-3,5-6,8,15H,4,7,9H2,1H3/b3-2+. The molecular formula is C12H15BrClN. The monoisotopic (exact) mass is 287 g/mol. The van der Waals surface area contributed by atoms with Gasteiger partial charge in [-0.05, 0) is 37.6 Å². The third-order valence-corrected chi connectivity index (χ3v) is 3.03. The molecular weight excluding hydrogens is 273 g/mol. The molecule has 3 heteroatoms. The number of benzene rings is 1. The van der Waals surface area contributed by atoms with Crippen LogP contribution in [0.3, 0.4) is 0 Å². The first kappa shape index (κ1) is 12.8. The van der Waals surface area contributed by atoms with Gasteiger partial charge < -0.3 is 5.32 Å². The number of hydrogen-bond donors (Lipinski definition) is 1. The summed E-state index contributed by atoms with van der Waals surface area (Å²) in [5.41, 5.74) is 1.24. The minimum Gasteiger partial charge on any atom is -0.312 e. The van der Waals surface area contributed by atoms with E-state index in [2.05, 4.69) is 33.4 Å². The summed E-state index contributed by atoms with van der Waals surface area (Å²) in [6, 6.07) is 5.87. The van der Waals surface area contributed by atoms with Crippen LogP contribution in [0.25, 0.3) is 0 Å². The molecule has 1 rings (SSSR count). The summed E-state index contributed by atoms with van der Waals surface area (Å²) in [6.45, 7) is 3.91. The first-order valence-electron chi connectivity index (χ1n) is 5.00. The summed E-state index contributed by atoms with van der Waals surface area (Å²) in [5.74, 6) is 0. The van der Waals surface area contributed by atoms with Gasteiger partial charge >= 0.3 is 0 Å². The van der Waals surface area contributed by atoms with Crippen LogP contribution in [0.15, 0.2) is 34.8 Å². The fraction of sp³-hybridized carbons (Fsp3) is 0.333. The predicted molar refractivity (Wildman–Crippen MR) is 70.3 cm³/mol. The van der Waals surface area contributed by atoms with Gasteiger partial charge in [0.2, 0.25) is 0 Å². The van der Waals surface area contributed by atoms with Crippen LogP contribution in [-0.4, -0.2) is 6.54 Å². The summed E-state index contributed by atoms with van der Waals surface area (Å²) in [5, 5.41) is 4.14. The van der Waals surface area contributed by atoms with Gasteiger partial charge in [-0.2, -0.15) is 0 Å². The minimum atomic E-state index is 0.763. The van der Waals surface area contributed by atoms with Crippen LogP contribution in [0.4, 0.5) is 0 Å². The van der Waals surface area contributed by atoms with E-state index in [1.54, 1.807) is 0 Å². The molecule has 82 valence electrons. The van der Waals surface area contributed by atoms with Crippen molar-refractivity contribution in [3.63, 3.8) is 0 Å². The molecule has 0 aromatic heterocycles. The predicted octanol–water partition coefficient (Wildman–Crippen LogP) is 4.16. The molecule has 1 nitrogen and oxygen atoms in total. The second kappa shape index (κ2) is 7.04. The molecule has 0 spiro atoms. The summed E-state index contributed by atoms with van der Waals surface area (Å²) in [4.78, 5) is 0. The molecule has 0 bridgehead atoms. The number of hydrogen-bond acceptors (Lipinski definition) is 1. The van der Waals surface area contributed by atoms with E-state index in [9.17, 15) is 0 Å². The number of allylic oxidation sites excluding steroid dienone is 1. The molecule has 15 heavy (non-hydrogen) atoms. The highest BCUT2D eigenvalue weighted by atomic mass is 79.9. The van der Waals surface area contributed by atoms with Gasteiger partial charge in [0.1, 0.15) is 0 Å². The Balaban J connectivity index is 2.37. The molecule has 1 aromatic rings. The van der Waals surface area contributed by atoms with E-state index in [1.807, 2.05) is 25.1 Å². The van der Waals surface area contributed by atoms with Crippen LogP contribution in [0, 0.1) is 0 Å². The Hall–Kier alpha value is -0.310. The van der Waals surface area contributed by atoms with Gasteiger partial charge in [0.05, 0.1) is 0 Å². The van der Waals surface area contributed by atoms with Gasteiger partial charge in [0.15, 0.2) is 0 Å². The molecule has 0 saturated heterocycles. The lowest BCUT2D eigenvalue weighted by Gasteiger charge is -2.06. The van der Waals surface area contributed by atoms with E-state index >= 15 is 0 Å². The van der Waals surface area contributed by atoms with Gasteiger partial charge in [-0.1, -0.05) is 45.7 Å². The molecule has 1 aromatic carbocycles. The van der Waals surface area contributed by atoms with Gasteiger partial charge in [0, 0.05) is 16.0 Å². The smallest absolute Gasteiger partial charge is 0.0417 e. The lowest BCUT2D eigenvalue weighted by molar-refractivity contribution is 0.693. The highest BCUT2D eigenvalue weighted by Crippen LogP contribution is 2.21. The average molecular weight is 289 g/mol. The molecule has 0 radical (unpaired) electrons. The third-order valence-electron chi connectivity index (χ3n) is 2.05. The maximum atomic E-state index is 5.86. The van der Waals surface area contributed by atoms with E-state index in [4.69, 9.17) is 11.6 Å². The van der Waals surface area contributed by atoms with Crippen molar-refractivity contribution in [3.8, 4) is 0 Å². The molecule has 0 atom stereocenters. The Morgan fingerprint density at radius 3 is 2.93 bits per heavy atom. The zero-order chi connectivity index (χ0) is 11.1. The Bertz CT molecular complexity index is 336. The topological polar surface area (TPSA) is 12.0 Å². The van der Waals surface area contributed by atoms with E-state index in [-0.39, 0.29) is 0 Å². The molecule has 0 unspecified atom stereocenters. The van der Waals surface area contributed by atoms with Crippen LogP contribution >= 0.6 is 27.5 Å². The van der Waals surface area contributed by atoms with Crippen LogP contribution < -0.4 is 5.32 Å². The van der Waals surface area contributed by atoms with Crippen molar-refractivity contribution in [2.24, 2.45) is 0 Å². The van der Waals surface area contributed by atoms with Gasteiger partial charge in [-0.3, -0.25) is 0 Å². The van der Waals surface area contributed by atoms with Crippen molar-refractivity contribution < 1.29 is 0 Å². The van der Waals surface area contributed by atoms with Crippen molar-refractivity contribution >= 4 is 27.5 Å². The van der Waals surface area contributed by atoms with Crippen molar-refractivity contribution in [3.05, 3.63) is 45.4 Å². The van der Waals surface area contributed by atoms with E-state index in [0.29, 0.717) is 0 Å². The zero-order valence-electron chi connectivity index (χ0n) is 8.76. The summed E-state index contributed by atoms with van der Waals surface area (Å²) >= 11 is 9.35. The van der Waals surface area contributed by atoms with E-state index in [1.165, 1.54) is 5.56 Å². The van der Waals surface area contributed by atoms with Gasteiger partial charge in [-0.25, -0.2) is 0 Å². The maximum absolute atomic E-state index is 5.86. The van der Waals surface area contributed by atoms with Crippen molar-refractivity contribution in [2.75, 3.05) is 6.54 Å². The molecule has 0 aliphatic heterocycles. The van der Waals surface area contributed by atoms with Crippen LogP contribution in [-0.2, 0) is 6.54 Å². The molecule has 0 aliphatic carbocycles. The van der Waals surface area contributed by atoms with E-state index < -0.39 is 0 Å². The quantitative estimate of drug-likeness (QED) is 0.634. The Labute approximate surface area is 105 Å².